The SMILES string of the molecule is O=C1NC(=S)N(c2ccccc2)C(=O)/C1=C\c1ccc(-c2ccc(C(=O)[O-])cc2)o1. The Morgan fingerprint density at radius 2 is 1.70 bits per heavy atom. The van der Waals surface area contributed by atoms with E-state index < -0.39 is 17.8 Å². The maximum absolute atomic E-state index is 12.9. The van der Waals surface area contributed by atoms with Gasteiger partial charge in [-0.25, -0.2) is 0 Å². The van der Waals surface area contributed by atoms with Crippen LogP contribution in [0.3, 0.4) is 0 Å². The molecule has 2 heterocycles. The van der Waals surface area contributed by atoms with Gasteiger partial charge in [0.2, 0.25) is 0 Å². The minimum absolute atomic E-state index is 0.00138. The molecule has 1 N–H and O–H groups in total. The van der Waals surface area contributed by atoms with Crippen LogP contribution in [-0.4, -0.2) is 22.9 Å². The molecule has 0 saturated carbocycles. The molecule has 2 aromatic carbocycles. The van der Waals surface area contributed by atoms with Crippen LogP contribution in [-0.2, 0) is 9.59 Å². The average molecular weight is 417 g/mol. The lowest BCUT2D eigenvalue weighted by molar-refractivity contribution is -0.255. The van der Waals surface area contributed by atoms with Crippen LogP contribution in [0.2, 0.25) is 0 Å². The second kappa shape index (κ2) is 7.76. The second-order valence-corrected chi connectivity index (χ2v) is 6.75. The number of amides is 2. The number of anilines is 1. The number of carboxylic acid groups (broad SMARTS) is 1. The van der Waals surface area contributed by atoms with Gasteiger partial charge < -0.3 is 14.3 Å². The van der Waals surface area contributed by atoms with E-state index >= 15 is 0 Å². The number of benzene rings is 2. The molecule has 0 bridgehead atoms. The van der Waals surface area contributed by atoms with Gasteiger partial charge in [0.1, 0.15) is 17.1 Å². The lowest BCUT2D eigenvalue weighted by atomic mass is 10.1. The highest BCUT2D eigenvalue weighted by Crippen LogP contribution is 2.26. The zero-order chi connectivity index (χ0) is 21.3. The molecular weight excluding hydrogens is 404 g/mol. The third kappa shape index (κ3) is 3.63. The first kappa shape index (κ1) is 19.3. The largest absolute Gasteiger partial charge is 0.545 e. The summed E-state index contributed by atoms with van der Waals surface area (Å²) in [5, 5.41) is 13.4. The van der Waals surface area contributed by atoms with E-state index in [1.165, 1.54) is 23.1 Å². The van der Waals surface area contributed by atoms with Gasteiger partial charge in [0, 0.05) is 5.56 Å². The Morgan fingerprint density at radius 1 is 1.00 bits per heavy atom. The number of rotatable bonds is 4. The van der Waals surface area contributed by atoms with Crippen LogP contribution >= 0.6 is 12.2 Å². The molecule has 1 aliphatic heterocycles. The van der Waals surface area contributed by atoms with Gasteiger partial charge in [-0.2, -0.15) is 0 Å². The van der Waals surface area contributed by atoms with Crippen LogP contribution in [0.1, 0.15) is 16.1 Å². The van der Waals surface area contributed by atoms with Gasteiger partial charge in [0.25, 0.3) is 11.8 Å². The molecule has 1 aliphatic rings. The Morgan fingerprint density at radius 3 is 2.37 bits per heavy atom. The maximum Gasteiger partial charge on any atom is 0.270 e. The minimum atomic E-state index is -1.27. The first-order valence-electron chi connectivity index (χ1n) is 8.82. The summed E-state index contributed by atoms with van der Waals surface area (Å²) in [6.45, 7) is 0. The summed E-state index contributed by atoms with van der Waals surface area (Å²) in [6.07, 6.45) is 1.34. The zero-order valence-corrected chi connectivity index (χ0v) is 16.1. The number of nitrogens with one attached hydrogen (secondary N) is 1. The van der Waals surface area contributed by atoms with E-state index in [1.807, 2.05) is 0 Å². The van der Waals surface area contributed by atoms with Crippen LogP contribution in [0.5, 0.6) is 0 Å². The normalized spacial score (nSPS) is 15.4. The number of aromatic carboxylic acids is 1. The summed E-state index contributed by atoms with van der Waals surface area (Å²) in [7, 11) is 0. The third-order valence-corrected chi connectivity index (χ3v) is 4.72. The summed E-state index contributed by atoms with van der Waals surface area (Å²) < 4.78 is 5.71. The van der Waals surface area contributed by atoms with E-state index in [-0.39, 0.29) is 22.0 Å². The lowest BCUT2D eigenvalue weighted by Gasteiger charge is -2.28. The van der Waals surface area contributed by atoms with Crippen LogP contribution in [0.15, 0.2) is 76.7 Å². The van der Waals surface area contributed by atoms with E-state index in [4.69, 9.17) is 16.6 Å². The van der Waals surface area contributed by atoms with Gasteiger partial charge in [-0.3, -0.25) is 19.8 Å². The number of carbonyl (C=O) groups is 3. The van der Waals surface area contributed by atoms with E-state index in [0.29, 0.717) is 17.0 Å². The first-order valence-corrected chi connectivity index (χ1v) is 9.23. The number of thiocarbonyl (C=S) groups is 1. The molecule has 148 valence electrons. The van der Waals surface area contributed by atoms with Gasteiger partial charge >= 0.3 is 0 Å². The van der Waals surface area contributed by atoms with E-state index in [2.05, 4.69) is 5.32 Å². The molecule has 7 nitrogen and oxygen atoms in total. The fraction of sp³-hybridized carbons (Fsp3) is 0. The molecular formula is C22H13N2O5S-. The molecule has 4 rings (SSSR count). The number of carbonyl (C=O) groups excluding carboxylic acids is 3. The third-order valence-electron chi connectivity index (χ3n) is 4.43. The van der Waals surface area contributed by atoms with Crippen molar-refractivity contribution in [2.45, 2.75) is 0 Å². The van der Waals surface area contributed by atoms with E-state index in [0.717, 1.165) is 0 Å². The lowest BCUT2D eigenvalue weighted by Crippen LogP contribution is -2.54. The predicted molar refractivity (Wildman–Crippen MR) is 111 cm³/mol. The van der Waals surface area contributed by atoms with Gasteiger partial charge in [-0.05, 0) is 48.1 Å². The number of furan rings is 1. The molecule has 0 unspecified atom stereocenters. The number of hydrogen-bond acceptors (Lipinski definition) is 6. The monoisotopic (exact) mass is 417 g/mol. The standard InChI is InChI=1S/C22H14N2O5S/c25-19-17(20(26)24(22(30)23-19)15-4-2-1-3-5-15)12-16-10-11-18(29-16)13-6-8-14(9-7-13)21(27)28/h1-12H,(H,27,28)(H,23,25,30)/p-1/b17-12-. The topological polar surface area (TPSA) is 103 Å². The molecule has 8 heteroatoms. The van der Waals surface area contributed by atoms with Crippen molar-refractivity contribution in [3.8, 4) is 11.3 Å². The molecule has 2 amide bonds. The summed E-state index contributed by atoms with van der Waals surface area (Å²) in [4.78, 5) is 37.4. The molecule has 0 radical (unpaired) electrons. The fourth-order valence-corrected chi connectivity index (χ4v) is 3.25. The van der Waals surface area contributed by atoms with Crippen molar-refractivity contribution < 1.29 is 23.9 Å². The highest BCUT2D eigenvalue weighted by Gasteiger charge is 2.34. The Balaban J connectivity index is 1.64. The number of para-hydroxylation sites is 1. The van der Waals surface area contributed by atoms with Gasteiger partial charge in [0.15, 0.2) is 5.11 Å². The molecule has 0 spiro atoms. The van der Waals surface area contributed by atoms with Gasteiger partial charge in [0.05, 0.1) is 11.7 Å². The van der Waals surface area contributed by atoms with Crippen LogP contribution in [0.25, 0.3) is 17.4 Å². The molecule has 1 saturated heterocycles. The zero-order valence-electron chi connectivity index (χ0n) is 15.3. The highest BCUT2D eigenvalue weighted by atomic mass is 32.1. The Bertz CT molecular complexity index is 1200. The maximum atomic E-state index is 12.9. The summed E-state index contributed by atoms with van der Waals surface area (Å²) >= 11 is 5.15. The average Bonchev–Trinajstić information content (AvgIpc) is 3.20. The second-order valence-electron chi connectivity index (χ2n) is 6.36. The van der Waals surface area contributed by atoms with Crippen molar-refractivity contribution in [1.82, 2.24) is 5.32 Å². The molecule has 0 atom stereocenters. The number of hydrogen-bond donors (Lipinski definition) is 1. The Hall–Kier alpha value is -4.04. The first-order chi connectivity index (χ1) is 14.4. The van der Waals surface area contributed by atoms with Crippen molar-refractivity contribution in [3.63, 3.8) is 0 Å². The molecule has 1 fully saturated rings. The molecule has 0 aliphatic carbocycles. The van der Waals surface area contributed by atoms with Gasteiger partial charge in [-0.15, -0.1) is 0 Å². The molecule has 1 aromatic heterocycles. The Kier molecular flexibility index (Phi) is 4.99. The summed E-state index contributed by atoms with van der Waals surface area (Å²) in [5.41, 5.74) is 1.09. The van der Waals surface area contributed by atoms with Crippen molar-refractivity contribution in [3.05, 3.63) is 83.6 Å². The summed E-state index contributed by atoms with van der Waals surface area (Å²) in [5.74, 6) is -1.71. The van der Waals surface area contributed by atoms with Crippen molar-refractivity contribution in [2.24, 2.45) is 0 Å². The van der Waals surface area contributed by atoms with Gasteiger partial charge in [-0.1, -0.05) is 42.5 Å². The quantitative estimate of drug-likeness (QED) is 0.396. The van der Waals surface area contributed by atoms with Crippen LogP contribution in [0.4, 0.5) is 5.69 Å². The van der Waals surface area contributed by atoms with Crippen molar-refractivity contribution in [1.29, 1.82) is 0 Å². The molecule has 30 heavy (non-hydrogen) atoms. The highest BCUT2D eigenvalue weighted by molar-refractivity contribution is 7.80. The molecule has 3 aromatic rings. The van der Waals surface area contributed by atoms with Crippen molar-refractivity contribution >= 4 is 46.9 Å². The minimum Gasteiger partial charge on any atom is -0.545 e. The smallest absolute Gasteiger partial charge is 0.270 e. The van der Waals surface area contributed by atoms with Crippen LogP contribution in [0, 0.1) is 0 Å². The Labute approximate surface area is 176 Å². The van der Waals surface area contributed by atoms with E-state index in [9.17, 15) is 19.5 Å². The summed E-state index contributed by atoms with van der Waals surface area (Å²) in [6, 6.07) is 18.0. The van der Waals surface area contributed by atoms with Crippen molar-refractivity contribution in [2.75, 3.05) is 4.90 Å². The number of nitrogens with zero attached hydrogens (tertiary/aromatic N) is 1. The van der Waals surface area contributed by atoms with Crippen LogP contribution < -0.4 is 15.3 Å². The van der Waals surface area contributed by atoms with E-state index in [1.54, 1.807) is 54.6 Å². The number of carboxylic acids is 1. The fourth-order valence-electron chi connectivity index (χ4n) is 2.97. The predicted octanol–water partition coefficient (Wildman–Crippen LogP) is 2.14.